The van der Waals surface area contributed by atoms with Crippen molar-refractivity contribution in [1.29, 1.82) is 0 Å². The lowest BCUT2D eigenvalue weighted by Crippen LogP contribution is -2.50. The van der Waals surface area contributed by atoms with Gasteiger partial charge in [0.1, 0.15) is 5.82 Å². The van der Waals surface area contributed by atoms with E-state index in [4.69, 9.17) is 0 Å². The highest BCUT2D eigenvalue weighted by Crippen LogP contribution is 2.23. The lowest BCUT2D eigenvalue weighted by Gasteiger charge is -2.39. The average Bonchev–Trinajstić information content (AvgIpc) is 2.41. The summed E-state index contributed by atoms with van der Waals surface area (Å²) in [5.41, 5.74) is 0.708. The summed E-state index contributed by atoms with van der Waals surface area (Å²) in [6.07, 6.45) is 3.84. The third-order valence-corrected chi connectivity index (χ3v) is 4.02. The van der Waals surface area contributed by atoms with Crippen molar-refractivity contribution in [2.24, 2.45) is 0 Å². The SMILES string of the molecule is CNC(CC1CN(C)CCN1C)c1ccncc1F. The van der Waals surface area contributed by atoms with E-state index in [1.807, 2.05) is 7.05 Å². The first-order valence-corrected chi connectivity index (χ1v) is 6.77. The third-order valence-electron chi connectivity index (χ3n) is 4.02. The molecule has 2 rings (SSSR count). The van der Waals surface area contributed by atoms with Gasteiger partial charge >= 0.3 is 0 Å². The molecule has 19 heavy (non-hydrogen) atoms. The molecular formula is C14H23FN4. The molecule has 0 spiro atoms. The van der Waals surface area contributed by atoms with Gasteiger partial charge in [0.15, 0.2) is 0 Å². The predicted octanol–water partition coefficient (Wildman–Crippen LogP) is 1.12. The first kappa shape index (κ1) is 14.4. The van der Waals surface area contributed by atoms with Crippen LogP contribution in [0.1, 0.15) is 18.0 Å². The van der Waals surface area contributed by atoms with E-state index in [-0.39, 0.29) is 11.9 Å². The van der Waals surface area contributed by atoms with Crippen LogP contribution < -0.4 is 5.32 Å². The van der Waals surface area contributed by atoms with Gasteiger partial charge in [-0.15, -0.1) is 0 Å². The lowest BCUT2D eigenvalue weighted by atomic mass is 9.97. The highest BCUT2D eigenvalue weighted by atomic mass is 19.1. The van der Waals surface area contributed by atoms with Gasteiger partial charge in [0, 0.05) is 43.5 Å². The first-order chi connectivity index (χ1) is 9.11. The average molecular weight is 266 g/mol. The molecule has 1 aliphatic heterocycles. The number of aromatic nitrogens is 1. The second-order valence-corrected chi connectivity index (χ2v) is 5.37. The van der Waals surface area contributed by atoms with Crippen molar-refractivity contribution in [2.45, 2.75) is 18.5 Å². The van der Waals surface area contributed by atoms with E-state index in [0.717, 1.165) is 26.1 Å². The Morgan fingerprint density at radius 2 is 2.26 bits per heavy atom. The standard InChI is InChI=1S/C14H23FN4/c1-16-14(12-4-5-17-9-13(12)15)8-11-10-18(2)6-7-19(11)3/h4-5,9,11,14,16H,6-8,10H2,1-3H3. The maximum absolute atomic E-state index is 13.8. The van der Waals surface area contributed by atoms with E-state index in [1.54, 1.807) is 12.3 Å². The number of rotatable bonds is 4. The summed E-state index contributed by atoms with van der Waals surface area (Å²) in [6.45, 7) is 3.19. The molecular weight excluding hydrogens is 243 g/mol. The Morgan fingerprint density at radius 3 is 2.95 bits per heavy atom. The van der Waals surface area contributed by atoms with Gasteiger partial charge in [-0.1, -0.05) is 0 Å². The van der Waals surface area contributed by atoms with Crippen LogP contribution >= 0.6 is 0 Å². The number of nitrogens with one attached hydrogen (secondary N) is 1. The van der Waals surface area contributed by atoms with Crippen molar-refractivity contribution >= 4 is 0 Å². The summed E-state index contributed by atoms with van der Waals surface area (Å²) < 4.78 is 13.8. The van der Waals surface area contributed by atoms with Crippen LogP contribution in [0.4, 0.5) is 4.39 Å². The number of hydrogen-bond acceptors (Lipinski definition) is 4. The largest absolute Gasteiger partial charge is 0.313 e. The molecule has 0 aliphatic carbocycles. The molecule has 1 aromatic rings. The molecule has 1 saturated heterocycles. The third kappa shape index (κ3) is 3.49. The van der Waals surface area contributed by atoms with E-state index in [9.17, 15) is 4.39 Å². The van der Waals surface area contributed by atoms with E-state index >= 15 is 0 Å². The normalized spacial score (nSPS) is 23.5. The zero-order valence-corrected chi connectivity index (χ0v) is 11.9. The Labute approximate surface area is 114 Å². The van der Waals surface area contributed by atoms with Crippen LogP contribution in [0.25, 0.3) is 0 Å². The quantitative estimate of drug-likeness (QED) is 0.885. The minimum absolute atomic E-state index is 0.0296. The van der Waals surface area contributed by atoms with Gasteiger partial charge in [-0.05, 0) is 33.6 Å². The maximum atomic E-state index is 13.8. The molecule has 2 unspecified atom stereocenters. The fourth-order valence-corrected chi connectivity index (χ4v) is 2.70. The molecule has 1 aliphatic rings. The van der Waals surface area contributed by atoms with Gasteiger partial charge in [-0.25, -0.2) is 4.39 Å². The van der Waals surface area contributed by atoms with Crippen molar-refractivity contribution in [2.75, 3.05) is 40.8 Å². The molecule has 2 atom stereocenters. The number of nitrogens with zero attached hydrogens (tertiary/aromatic N) is 3. The Balaban J connectivity index is 2.08. The highest BCUT2D eigenvalue weighted by Gasteiger charge is 2.26. The summed E-state index contributed by atoms with van der Waals surface area (Å²) in [5, 5.41) is 3.23. The van der Waals surface area contributed by atoms with Crippen molar-refractivity contribution < 1.29 is 4.39 Å². The molecule has 0 bridgehead atoms. The fourth-order valence-electron chi connectivity index (χ4n) is 2.70. The Morgan fingerprint density at radius 1 is 1.47 bits per heavy atom. The molecule has 0 aromatic carbocycles. The predicted molar refractivity (Wildman–Crippen MR) is 74.5 cm³/mol. The molecule has 0 amide bonds. The van der Waals surface area contributed by atoms with Gasteiger partial charge in [-0.3, -0.25) is 4.98 Å². The molecule has 1 fully saturated rings. The van der Waals surface area contributed by atoms with Crippen molar-refractivity contribution in [3.05, 3.63) is 29.8 Å². The van der Waals surface area contributed by atoms with Gasteiger partial charge in [0.25, 0.3) is 0 Å². The van der Waals surface area contributed by atoms with Crippen LogP contribution in [0.15, 0.2) is 18.5 Å². The minimum atomic E-state index is -0.228. The molecule has 2 heterocycles. The summed E-state index contributed by atoms with van der Waals surface area (Å²) in [5.74, 6) is -0.228. The monoisotopic (exact) mass is 266 g/mol. The van der Waals surface area contributed by atoms with Crippen LogP contribution in [-0.2, 0) is 0 Å². The molecule has 0 saturated carbocycles. The Hall–Kier alpha value is -1.04. The van der Waals surface area contributed by atoms with Gasteiger partial charge < -0.3 is 15.1 Å². The van der Waals surface area contributed by atoms with Crippen LogP contribution in [-0.4, -0.2) is 61.6 Å². The van der Waals surface area contributed by atoms with E-state index in [0.29, 0.717) is 11.6 Å². The number of piperazine rings is 1. The number of likely N-dealkylation sites (N-methyl/N-ethyl adjacent to an activating group) is 2. The molecule has 1 N–H and O–H groups in total. The zero-order chi connectivity index (χ0) is 13.8. The van der Waals surface area contributed by atoms with Crippen LogP contribution in [0.5, 0.6) is 0 Å². The van der Waals surface area contributed by atoms with E-state index in [1.165, 1.54) is 6.20 Å². The summed E-state index contributed by atoms with van der Waals surface area (Å²) in [4.78, 5) is 8.51. The van der Waals surface area contributed by atoms with Crippen LogP contribution in [0.2, 0.25) is 0 Å². The molecule has 0 radical (unpaired) electrons. The molecule has 5 heteroatoms. The topological polar surface area (TPSA) is 31.4 Å². The van der Waals surface area contributed by atoms with E-state index < -0.39 is 0 Å². The van der Waals surface area contributed by atoms with Gasteiger partial charge in [-0.2, -0.15) is 0 Å². The number of pyridine rings is 1. The second kappa shape index (κ2) is 6.41. The van der Waals surface area contributed by atoms with E-state index in [2.05, 4.69) is 34.2 Å². The zero-order valence-electron chi connectivity index (χ0n) is 11.9. The van der Waals surface area contributed by atoms with Crippen LogP contribution in [0.3, 0.4) is 0 Å². The van der Waals surface area contributed by atoms with Gasteiger partial charge in [0.05, 0.1) is 6.20 Å². The summed E-state index contributed by atoms with van der Waals surface area (Å²) in [6, 6.07) is 2.24. The maximum Gasteiger partial charge on any atom is 0.146 e. The molecule has 1 aromatic heterocycles. The number of hydrogen-bond donors (Lipinski definition) is 1. The second-order valence-electron chi connectivity index (χ2n) is 5.37. The van der Waals surface area contributed by atoms with Crippen LogP contribution in [0, 0.1) is 5.82 Å². The Bertz CT molecular complexity index is 412. The first-order valence-electron chi connectivity index (χ1n) is 6.77. The van der Waals surface area contributed by atoms with Crippen molar-refractivity contribution in [1.82, 2.24) is 20.1 Å². The number of halogens is 1. The van der Waals surface area contributed by atoms with Gasteiger partial charge in [0.2, 0.25) is 0 Å². The van der Waals surface area contributed by atoms with Crippen molar-refractivity contribution in [3.8, 4) is 0 Å². The fraction of sp³-hybridized carbons (Fsp3) is 0.643. The summed E-state index contributed by atoms with van der Waals surface area (Å²) in [7, 11) is 6.17. The summed E-state index contributed by atoms with van der Waals surface area (Å²) >= 11 is 0. The minimum Gasteiger partial charge on any atom is -0.313 e. The lowest BCUT2D eigenvalue weighted by molar-refractivity contribution is 0.101. The van der Waals surface area contributed by atoms with Crippen molar-refractivity contribution in [3.63, 3.8) is 0 Å². The highest BCUT2D eigenvalue weighted by molar-refractivity contribution is 5.17. The molecule has 4 nitrogen and oxygen atoms in total. The smallest absolute Gasteiger partial charge is 0.146 e. The molecule has 106 valence electrons. The Kier molecular flexibility index (Phi) is 4.85.